The van der Waals surface area contributed by atoms with Gasteiger partial charge in [-0.1, -0.05) is 12.1 Å². The Morgan fingerprint density at radius 3 is 2.89 bits per heavy atom. The molecule has 0 spiro atoms. The summed E-state index contributed by atoms with van der Waals surface area (Å²) < 4.78 is 6.40. The van der Waals surface area contributed by atoms with Gasteiger partial charge in [0.2, 0.25) is 5.91 Å². The van der Waals surface area contributed by atoms with Crippen molar-refractivity contribution in [1.29, 1.82) is 0 Å². The second-order valence-electron chi connectivity index (χ2n) is 4.53. The molecule has 1 saturated carbocycles. The number of carbonyl (C=O) groups excluding carboxylic acids is 1. The molecule has 0 bridgehead atoms. The molecule has 5 heteroatoms. The number of amides is 1. The van der Waals surface area contributed by atoms with Crippen molar-refractivity contribution < 1.29 is 9.53 Å². The monoisotopic (exact) mass is 312 g/mol. The fourth-order valence-electron chi connectivity index (χ4n) is 2.07. The van der Waals surface area contributed by atoms with E-state index in [1.165, 1.54) is 0 Å². The minimum absolute atomic E-state index is 0.0821. The molecule has 1 aromatic carbocycles. The minimum Gasteiger partial charge on any atom is -0.368 e. The second-order valence-corrected chi connectivity index (χ2v) is 5.39. The lowest BCUT2D eigenvalue weighted by molar-refractivity contribution is -0.122. The van der Waals surface area contributed by atoms with Gasteiger partial charge in [0.1, 0.15) is 6.61 Å². The lowest BCUT2D eigenvalue weighted by Crippen LogP contribution is -2.23. The van der Waals surface area contributed by atoms with Gasteiger partial charge in [0.15, 0.2) is 0 Å². The molecule has 98 valence electrons. The van der Waals surface area contributed by atoms with E-state index >= 15 is 0 Å². The topological polar surface area (TPSA) is 64.3 Å². The number of nitrogens with one attached hydrogen (secondary N) is 1. The average molecular weight is 313 g/mol. The molecule has 0 heterocycles. The zero-order chi connectivity index (χ0) is 13.0. The highest BCUT2D eigenvalue weighted by atomic mass is 79.9. The molecule has 1 fully saturated rings. The second kappa shape index (κ2) is 6.31. The van der Waals surface area contributed by atoms with Crippen molar-refractivity contribution in [2.24, 2.45) is 5.73 Å². The zero-order valence-corrected chi connectivity index (χ0v) is 11.7. The Kier molecular flexibility index (Phi) is 4.74. The van der Waals surface area contributed by atoms with E-state index in [4.69, 9.17) is 10.5 Å². The Hall–Kier alpha value is -0.910. The third-order valence-electron chi connectivity index (χ3n) is 3.02. The molecule has 4 nitrogen and oxygen atoms in total. The highest BCUT2D eigenvalue weighted by Gasteiger charge is 2.22. The maximum atomic E-state index is 11.7. The van der Waals surface area contributed by atoms with E-state index in [1.807, 2.05) is 24.3 Å². The summed E-state index contributed by atoms with van der Waals surface area (Å²) in [7, 11) is 0. The number of halogens is 1. The van der Waals surface area contributed by atoms with Crippen LogP contribution in [0.5, 0.6) is 0 Å². The first-order valence-electron chi connectivity index (χ1n) is 6.06. The van der Waals surface area contributed by atoms with Gasteiger partial charge in [-0.2, -0.15) is 0 Å². The first-order valence-corrected chi connectivity index (χ1v) is 6.86. The van der Waals surface area contributed by atoms with Crippen molar-refractivity contribution in [2.75, 3.05) is 11.9 Å². The summed E-state index contributed by atoms with van der Waals surface area (Å²) in [5.41, 5.74) is 6.55. The molecule has 2 unspecified atom stereocenters. The Bertz CT molecular complexity index is 425. The molecule has 0 saturated heterocycles. The van der Waals surface area contributed by atoms with Gasteiger partial charge in [0, 0.05) is 10.5 Å². The fraction of sp³-hybridized carbons (Fsp3) is 0.462. The van der Waals surface area contributed by atoms with Crippen LogP contribution < -0.4 is 11.1 Å². The van der Waals surface area contributed by atoms with Gasteiger partial charge in [-0.15, -0.1) is 0 Å². The van der Waals surface area contributed by atoms with Gasteiger partial charge in [0.25, 0.3) is 0 Å². The highest BCUT2D eigenvalue weighted by Crippen LogP contribution is 2.22. The van der Waals surface area contributed by atoms with Crippen molar-refractivity contribution in [3.8, 4) is 0 Å². The third kappa shape index (κ3) is 3.80. The first-order chi connectivity index (χ1) is 8.65. The number of carbonyl (C=O) groups is 1. The van der Waals surface area contributed by atoms with Crippen molar-refractivity contribution in [2.45, 2.75) is 31.4 Å². The normalized spacial score (nSPS) is 23.0. The van der Waals surface area contributed by atoms with Crippen LogP contribution in [-0.4, -0.2) is 24.7 Å². The predicted octanol–water partition coefficient (Wildman–Crippen LogP) is 2.28. The zero-order valence-electron chi connectivity index (χ0n) is 10.1. The van der Waals surface area contributed by atoms with Crippen molar-refractivity contribution >= 4 is 27.5 Å². The molecule has 1 aromatic rings. The summed E-state index contributed by atoms with van der Waals surface area (Å²) in [4.78, 5) is 11.7. The quantitative estimate of drug-likeness (QED) is 0.896. The lowest BCUT2D eigenvalue weighted by atomic mass is 10.3. The number of rotatable bonds is 4. The van der Waals surface area contributed by atoms with Crippen molar-refractivity contribution in [3.63, 3.8) is 0 Å². The van der Waals surface area contributed by atoms with Crippen LogP contribution >= 0.6 is 15.9 Å². The van der Waals surface area contributed by atoms with E-state index in [0.717, 1.165) is 29.4 Å². The lowest BCUT2D eigenvalue weighted by Gasteiger charge is -2.12. The third-order valence-corrected chi connectivity index (χ3v) is 3.71. The predicted molar refractivity (Wildman–Crippen MR) is 74.3 cm³/mol. The summed E-state index contributed by atoms with van der Waals surface area (Å²) in [6.45, 7) is 0.0821. The summed E-state index contributed by atoms with van der Waals surface area (Å²) in [5.74, 6) is -0.137. The summed E-state index contributed by atoms with van der Waals surface area (Å²) >= 11 is 3.38. The maximum Gasteiger partial charge on any atom is 0.250 e. The Labute approximate surface area is 115 Å². The van der Waals surface area contributed by atoms with E-state index in [9.17, 15) is 4.79 Å². The van der Waals surface area contributed by atoms with Gasteiger partial charge in [-0.25, -0.2) is 0 Å². The number of hydrogen-bond acceptors (Lipinski definition) is 3. The van der Waals surface area contributed by atoms with Gasteiger partial charge < -0.3 is 15.8 Å². The number of para-hydroxylation sites is 1. The molecule has 18 heavy (non-hydrogen) atoms. The minimum atomic E-state index is -0.137. The van der Waals surface area contributed by atoms with E-state index in [2.05, 4.69) is 21.2 Å². The molecular weight excluding hydrogens is 296 g/mol. The van der Waals surface area contributed by atoms with Crippen molar-refractivity contribution in [3.05, 3.63) is 28.7 Å². The van der Waals surface area contributed by atoms with Gasteiger partial charge in [0.05, 0.1) is 11.8 Å². The highest BCUT2D eigenvalue weighted by molar-refractivity contribution is 9.10. The SMILES string of the molecule is NC1CCC(OCC(=O)Nc2ccccc2Br)C1. The molecule has 0 aromatic heterocycles. The number of anilines is 1. The largest absolute Gasteiger partial charge is 0.368 e. The molecule has 1 aliphatic rings. The van der Waals surface area contributed by atoms with E-state index in [-0.39, 0.29) is 24.7 Å². The summed E-state index contributed by atoms with van der Waals surface area (Å²) in [5, 5.41) is 2.80. The van der Waals surface area contributed by atoms with Crippen LogP contribution in [0.4, 0.5) is 5.69 Å². The Balaban J connectivity index is 1.77. The van der Waals surface area contributed by atoms with Crippen LogP contribution in [0.2, 0.25) is 0 Å². The molecule has 3 N–H and O–H groups in total. The van der Waals surface area contributed by atoms with E-state index in [1.54, 1.807) is 0 Å². The van der Waals surface area contributed by atoms with Crippen LogP contribution in [0.3, 0.4) is 0 Å². The number of ether oxygens (including phenoxy) is 1. The fourth-order valence-corrected chi connectivity index (χ4v) is 2.45. The average Bonchev–Trinajstić information content (AvgIpc) is 2.76. The Morgan fingerprint density at radius 2 is 2.22 bits per heavy atom. The molecule has 2 rings (SSSR count). The summed E-state index contributed by atoms with van der Waals surface area (Å²) in [6, 6.07) is 7.72. The van der Waals surface area contributed by atoms with Crippen LogP contribution in [0.25, 0.3) is 0 Å². The molecule has 2 atom stereocenters. The Morgan fingerprint density at radius 1 is 1.44 bits per heavy atom. The van der Waals surface area contributed by atoms with Crippen LogP contribution in [-0.2, 0) is 9.53 Å². The summed E-state index contributed by atoms with van der Waals surface area (Å²) in [6.07, 6.45) is 2.91. The van der Waals surface area contributed by atoms with E-state index < -0.39 is 0 Å². The van der Waals surface area contributed by atoms with Crippen LogP contribution in [0, 0.1) is 0 Å². The molecular formula is C13H17BrN2O2. The van der Waals surface area contributed by atoms with Crippen molar-refractivity contribution in [1.82, 2.24) is 0 Å². The molecule has 0 radical (unpaired) electrons. The van der Waals surface area contributed by atoms with Gasteiger partial charge >= 0.3 is 0 Å². The number of nitrogens with two attached hydrogens (primary N) is 1. The van der Waals surface area contributed by atoms with Gasteiger partial charge in [-0.3, -0.25) is 4.79 Å². The van der Waals surface area contributed by atoms with Crippen LogP contribution in [0.1, 0.15) is 19.3 Å². The van der Waals surface area contributed by atoms with Gasteiger partial charge in [-0.05, 0) is 47.3 Å². The first kappa shape index (κ1) is 13.5. The molecule has 1 amide bonds. The number of benzene rings is 1. The smallest absolute Gasteiger partial charge is 0.250 e. The maximum absolute atomic E-state index is 11.7. The standard InChI is InChI=1S/C13H17BrN2O2/c14-11-3-1-2-4-12(11)16-13(17)8-18-10-6-5-9(15)7-10/h1-4,9-10H,5-8,15H2,(H,16,17). The molecule has 0 aliphatic heterocycles. The van der Waals surface area contributed by atoms with E-state index in [0.29, 0.717) is 0 Å². The molecule has 1 aliphatic carbocycles. The van der Waals surface area contributed by atoms with Crippen LogP contribution in [0.15, 0.2) is 28.7 Å². The number of hydrogen-bond donors (Lipinski definition) is 2.